The summed E-state index contributed by atoms with van der Waals surface area (Å²) < 4.78 is 47.2. The number of hydrogen-bond donors (Lipinski definition) is 1. The van der Waals surface area contributed by atoms with E-state index in [-0.39, 0.29) is 11.8 Å². The van der Waals surface area contributed by atoms with Crippen LogP contribution in [0.15, 0.2) is 60.7 Å². The molecule has 4 rings (SSSR count). The Kier molecular flexibility index (Phi) is 5.83. The zero-order valence-corrected chi connectivity index (χ0v) is 16.6. The molecule has 1 aliphatic rings. The smallest absolute Gasteiger partial charge is 0.496 e. The molecule has 0 aliphatic carbocycles. The number of fused-ring (bicyclic) bond motifs is 1. The summed E-state index contributed by atoms with van der Waals surface area (Å²) in [4.78, 5) is 2.35. The summed E-state index contributed by atoms with van der Waals surface area (Å²) in [5, 5.41) is 5.43. The number of nitrogens with zero attached hydrogens (tertiary/aromatic N) is 1. The van der Waals surface area contributed by atoms with Gasteiger partial charge in [-0.1, -0.05) is 42.5 Å². The molecule has 0 aromatic heterocycles. The minimum Gasteiger partial charge on any atom is -0.496 e. The van der Waals surface area contributed by atoms with E-state index in [1.54, 1.807) is 19.2 Å². The lowest BCUT2D eigenvalue weighted by Gasteiger charge is -2.36. The third kappa shape index (κ3) is 4.37. The fourth-order valence-electron chi connectivity index (χ4n) is 4.09. The Balaban J connectivity index is 1.79. The van der Waals surface area contributed by atoms with Crippen LogP contribution in [0.25, 0.3) is 10.8 Å². The topological polar surface area (TPSA) is 33.7 Å². The van der Waals surface area contributed by atoms with Gasteiger partial charge in [0, 0.05) is 31.6 Å². The van der Waals surface area contributed by atoms with E-state index < -0.39 is 6.36 Å². The number of piperazine rings is 1. The van der Waals surface area contributed by atoms with E-state index in [2.05, 4.69) is 21.0 Å². The number of nitrogens with one attached hydrogen (secondary N) is 1. The van der Waals surface area contributed by atoms with Gasteiger partial charge in [-0.3, -0.25) is 4.90 Å². The zero-order chi connectivity index (χ0) is 21.1. The number of benzene rings is 3. The number of rotatable bonds is 5. The van der Waals surface area contributed by atoms with E-state index in [1.807, 2.05) is 30.3 Å². The van der Waals surface area contributed by atoms with Crippen LogP contribution >= 0.6 is 0 Å². The van der Waals surface area contributed by atoms with Crippen molar-refractivity contribution in [2.75, 3.05) is 33.3 Å². The standard InChI is InChI=1S/C23H23F3N2O2/c1-29-21-11-10-20(18-4-2-3-5-19(18)21)22(28-14-12-27-13-15-28)16-6-8-17(9-7-16)30-23(24,25)26/h2-11,22,27H,12-15H2,1H3/t22-/m1/s1. The first kappa shape index (κ1) is 20.5. The average Bonchev–Trinajstić information content (AvgIpc) is 2.75. The van der Waals surface area contributed by atoms with Gasteiger partial charge in [0.25, 0.3) is 0 Å². The molecule has 1 N–H and O–H groups in total. The monoisotopic (exact) mass is 416 g/mol. The van der Waals surface area contributed by atoms with Crippen LogP contribution in [0, 0.1) is 0 Å². The highest BCUT2D eigenvalue weighted by molar-refractivity contribution is 5.91. The second-order valence-corrected chi connectivity index (χ2v) is 7.21. The lowest BCUT2D eigenvalue weighted by atomic mass is 9.91. The van der Waals surface area contributed by atoms with E-state index in [0.29, 0.717) is 0 Å². The first-order valence-electron chi connectivity index (χ1n) is 9.82. The van der Waals surface area contributed by atoms with Gasteiger partial charge in [0.1, 0.15) is 11.5 Å². The minimum absolute atomic E-state index is 0.0946. The molecule has 0 radical (unpaired) electrons. The van der Waals surface area contributed by atoms with Crippen molar-refractivity contribution < 1.29 is 22.6 Å². The predicted octanol–water partition coefficient (Wildman–Crippen LogP) is 4.74. The molecule has 0 unspecified atom stereocenters. The normalized spacial score (nSPS) is 16.4. The molecule has 30 heavy (non-hydrogen) atoms. The van der Waals surface area contributed by atoms with Crippen molar-refractivity contribution >= 4 is 10.8 Å². The molecule has 0 saturated carbocycles. The molecule has 1 atom stereocenters. The molecule has 1 heterocycles. The predicted molar refractivity (Wildman–Crippen MR) is 110 cm³/mol. The highest BCUT2D eigenvalue weighted by Crippen LogP contribution is 2.38. The molecule has 0 amide bonds. The van der Waals surface area contributed by atoms with E-state index in [1.165, 1.54) is 12.1 Å². The van der Waals surface area contributed by atoms with Crippen molar-refractivity contribution in [1.29, 1.82) is 0 Å². The highest BCUT2D eigenvalue weighted by atomic mass is 19.4. The van der Waals surface area contributed by atoms with Crippen molar-refractivity contribution in [3.05, 3.63) is 71.8 Å². The van der Waals surface area contributed by atoms with Crippen molar-refractivity contribution in [2.24, 2.45) is 0 Å². The molecule has 0 bridgehead atoms. The molecule has 1 fully saturated rings. The zero-order valence-electron chi connectivity index (χ0n) is 16.6. The van der Waals surface area contributed by atoms with Gasteiger partial charge in [-0.25, -0.2) is 0 Å². The van der Waals surface area contributed by atoms with Gasteiger partial charge in [0.15, 0.2) is 0 Å². The van der Waals surface area contributed by atoms with Crippen LogP contribution < -0.4 is 14.8 Å². The molecule has 1 saturated heterocycles. The summed E-state index contributed by atoms with van der Waals surface area (Å²) in [5.74, 6) is 0.576. The summed E-state index contributed by atoms with van der Waals surface area (Å²) in [7, 11) is 1.65. The number of methoxy groups -OCH3 is 1. The van der Waals surface area contributed by atoms with Gasteiger partial charge in [-0.15, -0.1) is 13.2 Å². The molecular formula is C23H23F3N2O2. The van der Waals surface area contributed by atoms with E-state index in [9.17, 15) is 13.2 Å². The van der Waals surface area contributed by atoms with Crippen molar-refractivity contribution in [3.63, 3.8) is 0 Å². The Hall–Kier alpha value is -2.77. The summed E-state index contributed by atoms with van der Waals surface area (Å²) in [6, 6.07) is 18.1. The molecular weight excluding hydrogens is 393 g/mol. The largest absolute Gasteiger partial charge is 0.573 e. The second-order valence-electron chi connectivity index (χ2n) is 7.21. The number of halogens is 3. The van der Waals surface area contributed by atoms with Crippen molar-refractivity contribution in [3.8, 4) is 11.5 Å². The Morgan fingerprint density at radius 1 is 0.900 bits per heavy atom. The Labute approximate surface area is 173 Å². The maximum Gasteiger partial charge on any atom is 0.573 e. The van der Waals surface area contributed by atoms with Crippen molar-refractivity contribution in [2.45, 2.75) is 12.4 Å². The molecule has 158 valence electrons. The lowest BCUT2D eigenvalue weighted by molar-refractivity contribution is -0.274. The van der Waals surface area contributed by atoms with Gasteiger partial charge in [0.2, 0.25) is 0 Å². The summed E-state index contributed by atoms with van der Waals surface area (Å²) in [6.07, 6.45) is -4.70. The van der Waals surface area contributed by atoms with Gasteiger partial charge in [0.05, 0.1) is 13.2 Å². The molecule has 3 aromatic carbocycles. The first-order chi connectivity index (χ1) is 14.5. The van der Waals surface area contributed by atoms with Gasteiger partial charge in [-0.2, -0.15) is 0 Å². The number of alkyl halides is 3. The Bertz CT molecular complexity index is 999. The Morgan fingerprint density at radius 3 is 2.20 bits per heavy atom. The van der Waals surface area contributed by atoms with Crippen LogP contribution in [-0.4, -0.2) is 44.6 Å². The molecule has 4 nitrogen and oxygen atoms in total. The van der Waals surface area contributed by atoms with Crippen molar-refractivity contribution in [1.82, 2.24) is 10.2 Å². The maximum atomic E-state index is 12.6. The quantitative estimate of drug-likeness (QED) is 0.651. The summed E-state index contributed by atoms with van der Waals surface area (Å²) in [6.45, 7) is 3.40. The lowest BCUT2D eigenvalue weighted by Crippen LogP contribution is -2.45. The van der Waals surface area contributed by atoms with E-state index in [0.717, 1.165) is 53.8 Å². The van der Waals surface area contributed by atoms with Gasteiger partial charge < -0.3 is 14.8 Å². The SMILES string of the molecule is COc1ccc([C@@H](c2ccc(OC(F)(F)F)cc2)N2CCNCC2)c2ccccc12. The summed E-state index contributed by atoms with van der Waals surface area (Å²) in [5.41, 5.74) is 2.01. The third-order valence-corrected chi connectivity index (χ3v) is 5.38. The van der Waals surface area contributed by atoms with Crippen LogP contribution in [0.2, 0.25) is 0 Å². The van der Waals surface area contributed by atoms with Crippen LogP contribution in [0.4, 0.5) is 13.2 Å². The molecule has 3 aromatic rings. The summed E-state index contributed by atoms with van der Waals surface area (Å²) >= 11 is 0. The van der Waals surface area contributed by atoms with Crippen LogP contribution in [-0.2, 0) is 0 Å². The molecule has 1 aliphatic heterocycles. The van der Waals surface area contributed by atoms with Crippen LogP contribution in [0.3, 0.4) is 0 Å². The van der Waals surface area contributed by atoms with Crippen LogP contribution in [0.5, 0.6) is 11.5 Å². The molecule has 7 heteroatoms. The van der Waals surface area contributed by atoms with Crippen LogP contribution in [0.1, 0.15) is 17.2 Å². The fraction of sp³-hybridized carbons (Fsp3) is 0.304. The van der Waals surface area contributed by atoms with Gasteiger partial charge in [-0.05, 0) is 34.7 Å². The highest BCUT2D eigenvalue weighted by Gasteiger charge is 2.31. The maximum absolute atomic E-state index is 12.6. The first-order valence-corrected chi connectivity index (χ1v) is 9.82. The third-order valence-electron chi connectivity index (χ3n) is 5.38. The van der Waals surface area contributed by atoms with E-state index >= 15 is 0 Å². The Morgan fingerprint density at radius 2 is 1.57 bits per heavy atom. The minimum atomic E-state index is -4.70. The average molecular weight is 416 g/mol. The van der Waals surface area contributed by atoms with E-state index in [4.69, 9.17) is 4.74 Å². The second kappa shape index (κ2) is 8.53. The number of hydrogen-bond acceptors (Lipinski definition) is 4. The molecule has 0 spiro atoms. The fourth-order valence-corrected chi connectivity index (χ4v) is 4.09. The van der Waals surface area contributed by atoms with Gasteiger partial charge >= 0.3 is 6.36 Å². The number of ether oxygens (including phenoxy) is 2.